The first-order chi connectivity index (χ1) is 9.71. The molecule has 0 radical (unpaired) electrons. The lowest BCUT2D eigenvalue weighted by molar-refractivity contribution is -0.115. The van der Waals surface area contributed by atoms with Gasteiger partial charge in [-0.3, -0.25) is 4.79 Å². The molecule has 0 saturated carbocycles. The molecule has 1 rings (SSSR count). The third-order valence-electron chi connectivity index (χ3n) is 3.06. The molecule has 0 saturated heterocycles. The zero-order chi connectivity index (χ0) is 14.8. The predicted molar refractivity (Wildman–Crippen MR) is 96.8 cm³/mol. The molecular formula is C15H27Cl2N3O2. The van der Waals surface area contributed by atoms with E-state index >= 15 is 0 Å². The van der Waals surface area contributed by atoms with Crippen LogP contribution >= 0.6 is 24.8 Å². The van der Waals surface area contributed by atoms with Gasteiger partial charge in [0.1, 0.15) is 12.4 Å². The lowest BCUT2D eigenvalue weighted by atomic mass is 10.3. The van der Waals surface area contributed by atoms with Crippen LogP contribution in [0, 0.1) is 0 Å². The van der Waals surface area contributed by atoms with Gasteiger partial charge in [0.05, 0.1) is 12.2 Å². The van der Waals surface area contributed by atoms with E-state index in [9.17, 15) is 4.79 Å². The Morgan fingerprint density at radius 3 is 2.41 bits per heavy atom. The van der Waals surface area contributed by atoms with Crippen LogP contribution in [0.15, 0.2) is 24.3 Å². The molecule has 0 unspecified atom stereocenters. The van der Waals surface area contributed by atoms with Crippen LogP contribution < -0.4 is 15.4 Å². The van der Waals surface area contributed by atoms with Crippen molar-refractivity contribution in [2.24, 2.45) is 0 Å². The Morgan fingerprint density at radius 2 is 1.82 bits per heavy atom. The standard InChI is InChI=1S/C15H25N3O2.2ClH/c1-4-18(5-2)10-11-20-14-9-7-6-8-13(14)17-15(19)12-16-3;;/h6-9,16H,4-5,10-12H2,1-3H3,(H,17,19);2*1H. The van der Waals surface area contributed by atoms with E-state index in [4.69, 9.17) is 4.74 Å². The number of hydrogen-bond acceptors (Lipinski definition) is 4. The zero-order valence-electron chi connectivity index (χ0n) is 13.4. The second-order valence-corrected chi connectivity index (χ2v) is 4.45. The maximum absolute atomic E-state index is 11.6. The molecule has 22 heavy (non-hydrogen) atoms. The summed E-state index contributed by atoms with van der Waals surface area (Å²) in [6.45, 7) is 8.08. The van der Waals surface area contributed by atoms with Crippen molar-refractivity contribution in [3.8, 4) is 5.75 Å². The molecule has 1 aromatic carbocycles. The Kier molecular flexibility index (Phi) is 14.4. The molecular weight excluding hydrogens is 325 g/mol. The van der Waals surface area contributed by atoms with Crippen LogP contribution in [0.25, 0.3) is 0 Å². The minimum Gasteiger partial charge on any atom is -0.490 e. The van der Waals surface area contributed by atoms with Crippen LogP contribution in [-0.2, 0) is 4.79 Å². The normalized spacial score (nSPS) is 9.64. The number of carbonyl (C=O) groups is 1. The largest absolute Gasteiger partial charge is 0.490 e. The molecule has 0 heterocycles. The third-order valence-corrected chi connectivity index (χ3v) is 3.06. The Balaban J connectivity index is 0. The van der Waals surface area contributed by atoms with Crippen LogP contribution in [0.3, 0.4) is 0 Å². The van der Waals surface area contributed by atoms with Gasteiger partial charge < -0.3 is 20.3 Å². The van der Waals surface area contributed by atoms with Crippen molar-refractivity contribution in [1.82, 2.24) is 10.2 Å². The smallest absolute Gasteiger partial charge is 0.238 e. The van der Waals surface area contributed by atoms with Gasteiger partial charge in [-0.1, -0.05) is 26.0 Å². The molecule has 0 aromatic heterocycles. The van der Waals surface area contributed by atoms with Crippen molar-refractivity contribution in [1.29, 1.82) is 0 Å². The van der Waals surface area contributed by atoms with Crippen molar-refractivity contribution in [2.45, 2.75) is 13.8 Å². The minimum absolute atomic E-state index is 0. The third kappa shape index (κ3) is 8.44. The van der Waals surface area contributed by atoms with Gasteiger partial charge in [-0.2, -0.15) is 0 Å². The van der Waals surface area contributed by atoms with Crippen LogP contribution in [0.1, 0.15) is 13.8 Å². The summed E-state index contributed by atoms with van der Waals surface area (Å²) < 4.78 is 5.77. The van der Waals surface area contributed by atoms with Crippen molar-refractivity contribution >= 4 is 36.4 Å². The summed E-state index contributed by atoms with van der Waals surface area (Å²) in [7, 11) is 1.74. The fourth-order valence-electron chi connectivity index (χ4n) is 1.88. The van der Waals surface area contributed by atoms with Crippen LogP contribution in [-0.4, -0.2) is 50.6 Å². The van der Waals surface area contributed by atoms with E-state index < -0.39 is 0 Å². The average Bonchev–Trinajstić information content (AvgIpc) is 2.45. The van der Waals surface area contributed by atoms with Crippen molar-refractivity contribution in [2.75, 3.05) is 45.2 Å². The molecule has 0 aliphatic carbocycles. The maximum atomic E-state index is 11.6. The molecule has 7 heteroatoms. The number of ether oxygens (including phenoxy) is 1. The molecule has 0 atom stereocenters. The fraction of sp³-hybridized carbons (Fsp3) is 0.533. The second-order valence-electron chi connectivity index (χ2n) is 4.45. The molecule has 0 bridgehead atoms. The summed E-state index contributed by atoms with van der Waals surface area (Å²) in [5.74, 6) is 0.636. The van der Waals surface area contributed by atoms with Crippen LogP contribution in [0.4, 0.5) is 5.69 Å². The highest BCUT2D eigenvalue weighted by Gasteiger charge is 2.07. The van der Waals surface area contributed by atoms with Gasteiger partial charge >= 0.3 is 0 Å². The number of nitrogens with zero attached hydrogens (tertiary/aromatic N) is 1. The number of hydrogen-bond donors (Lipinski definition) is 2. The topological polar surface area (TPSA) is 53.6 Å². The fourth-order valence-corrected chi connectivity index (χ4v) is 1.88. The number of para-hydroxylation sites is 2. The van der Waals surface area contributed by atoms with Gasteiger partial charge in [0, 0.05) is 6.54 Å². The Hall–Kier alpha value is -1.01. The SMILES string of the molecule is CCN(CC)CCOc1ccccc1NC(=O)CNC.Cl.Cl. The van der Waals surface area contributed by atoms with Crippen LogP contribution in [0.5, 0.6) is 5.75 Å². The highest BCUT2D eigenvalue weighted by atomic mass is 35.5. The summed E-state index contributed by atoms with van der Waals surface area (Å²) in [6, 6.07) is 7.50. The van der Waals surface area contributed by atoms with E-state index in [0.717, 1.165) is 19.6 Å². The number of halogens is 2. The Morgan fingerprint density at radius 1 is 1.18 bits per heavy atom. The van der Waals surface area contributed by atoms with Gasteiger partial charge in [-0.05, 0) is 32.3 Å². The first-order valence-electron chi connectivity index (χ1n) is 7.09. The first kappa shape index (κ1) is 23.3. The molecule has 0 aliphatic rings. The molecule has 0 spiro atoms. The van der Waals surface area contributed by atoms with Gasteiger partial charge in [-0.25, -0.2) is 0 Å². The molecule has 1 amide bonds. The highest BCUT2D eigenvalue weighted by molar-refractivity contribution is 5.93. The number of likely N-dealkylation sites (N-methyl/N-ethyl adjacent to an activating group) is 2. The number of carbonyl (C=O) groups excluding carboxylic acids is 1. The molecule has 5 nitrogen and oxygen atoms in total. The molecule has 0 fully saturated rings. The van der Waals surface area contributed by atoms with Gasteiger partial charge in [0.2, 0.25) is 5.91 Å². The van der Waals surface area contributed by atoms with Gasteiger partial charge in [0.25, 0.3) is 0 Å². The first-order valence-corrected chi connectivity index (χ1v) is 7.09. The number of amides is 1. The number of nitrogens with one attached hydrogen (secondary N) is 2. The predicted octanol–water partition coefficient (Wildman–Crippen LogP) is 2.41. The summed E-state index contributed by atoms with van der Waals surface area (Å²) in [4.78, 5) is 13.9. The zero-order valence-corrected chi connectivity index (χ0v) is 15.1. The molecule has 1 aromatic rings. The van der Waals surface area contributed by atoms with E-state index in [1.807, 2.05) is 24.3 Å². The summed E-state index contributed by atoms with van der Waals surface area (Å²) >= 11 is 0. The molecule has 128 valence electrons. The molecule has 0 aliphatic heterocycles. The monoisotopic (exact) mass is 351 g/mol. The average molecular weight is 352 g/mol. The number of benzene rings is 1. The summed E-state index contributed by atoms with van der Waals surface area (Å²) in [5.41, 5.74) is 0.715. The Bertz CT molecular complexity index is 416. The van der Waals surface area contributed by atoms with Crippen molar-refractivity contribution in [3.05, 3.63) is 24.3 Å². The lowest BCUT2D eigenvalue weighted by Gasteiger charge is -2.19. The quantitative estimate of drug-likeness (QED) is 0.717. The van der Waals surface area contributed by atoms with E-state index in [0.29, 0.717) is 18.0 Å². The van der Waals surface area contributed by atoms with Crippen molar-refractivity contribution in [3.63, 3.8) is 0 Å². The van der Waals surface area contributed by atoms with E-state index in [1.54, 1.807) is 7.05 Å². The van der Waals surface area contributed by atoms with E-state index in [1.165, 1.54) is 0 Å². The summed E-state index contributed by atoms with van der Waals surface area (Å²) in [5, 5.41) is 5.66. The number of anilines is 1. The number of rotatable bonds is 9. The van der Waals surface area contributed by atoms with E-state index in [-0.39, 0.29) is 37.3 Å². The summed E-state index contributed by atoms with van der Waals surface area (Å²) in [6.07, 6.45) is 0. The highest BCUT2D eigenvalue weighted by Crippen LogP contribution is 2.23. The van der Waals surface area contributed by atoms with Gasteiger partial charge in [0.15, 0.2) is 0 Å². The Labute approximate surface area is 145 Å². The minimum atomic E-state index is -0.0766. The second kappa shape index (κ2) is 13.6. The van der Waals surface area contributed by atoms with Crippen LogP contribution in [0.2, 0.25) is 0 Å². The maximum Gasteiger partial charge on any atom is 0.238 e. The lowest BCUT2D eigenvalue weighted by Crippen LogP contribution is -2.28. The van der Waals surface area contributed by atoms with E-state index in [2.05, 4.69) is 29.4 Å². The van der Waals surface area contributed by atoms with Gasteiger partial charge in [-0.15, -0.1) is 24.8 Å². The van der Waals surface area contributed by atoms with Crippen molar-refractivity contribution < 1.29 is 9.53 Å². The molecule has 2 N–H and O–H groups in total.